The fraction of sp³-hybridized carbons (Fsp3) is 0.600. The number of fused-ring (bicyclic) bond motifs is 1. The molecule has 3 nitrogen and oxygen atoms in total. The summed E-state index contributed by atoms with van der Waals surface area (Å²) in [7, 11) is 0. The smallest absolute Gasteiger partial charge is 0.163 e. The van der Waals surface area contributed by atoms with Crippen LogP contribution in [0.2, 0.25) is 0 Å². The van der Waals surface area contributed by atoms with Gasteiger partial charge >= 0.3 is 0 Å². The summed E-state index contributed by atoms with van der Waals surface area (Å²) in [5, 5.41) is 0. The number of ether oxygens (including phenoxy) is 1. The molecule has 1 aromatic carbocycles. The first-order valence-electron chi connectivity index (χ1n) is 7.23. The van der Waals surface area contributed by atoms with E-state index in [9.17, 15) is 8.78 Å². The number of benzene rings is 1. The molecule has 5 heteroatoms. The molecule has 3 atom stereocenters. The van der Waals surface area contributed by atoms with E-state index >= 15 is 0 Å². The van der Waals surface area contributed by atoms with Crippen molar-refractivity contribution in [3.8, 4) is 0 Å². The third kappa shape index (κ3) is 2.34. The second-order valence-electron chi connectivity index (χ2n) is 5.54. The van der Waals surface area contributed by atoms with Crippen LogP contribution in [0.5, 0.6) is 0 Å². The van der Waals surface area contributed by atoms with E-state index in [1.807, 2.05) is 0 Å². The highest BCUT2D eigenvalue weighted by Gasteiger charge is 2.39. The predicted molar refractivity (Wildman–Crippen MR) is 72.2 cm³/mol. The molecule has 2 N–H and O–H groups in total. The second kappa shape index (κ2) is 5.76. The predicted octanol–water partition coefficient (Wildman–Crippen LogP) is 2.22. The molecule has 1 aromatic rings. The summed E-state index contributed by atoms with van der Waals surface area (Å²) >= 11 is 0. The molecule has 1 aliphatic heterocycles. The van der Waals surface area contributed by atoms with E-state index in [2.05, 4.69) is 4.90 Å². The third-order valence-electron chi connectivity index (χ3n) is 4.49. The number of nitrogens with two attached hydrogens (primary N) is 1. The summed E-state index contributed by atoms with van der Waals surface area (Å²) < 4.78 is 33.3. The Labute approximate surface area is 117 Å². The van der Waals surface area contributed by atoms with Gasteiger partial charge < -0.3 is 10.5 Å². The van der Waals surface area contributed by atoms with Crippen LogP contribution in [0.4, 0.5) is 8.78 Å². The van der Waals surface area contributed by atoms with Crippen molar-refractivity contribution in [2.24, 2.45) is 5.73 Å². The molecule has 3 rings (SSSR count). The fourth-order valence-electron chi connectivity index (χ4n) is 3.56. The quantitative estimate of drug-likeness (QED) is 0.924. The first-order chi connectivity index (χ1) is 9.72. The molecule has 0 radical (unpaired) electrons. The van der Waals surface area contributed by atoms with Crippen molar-refractivity contribution in [1.82, 2.24) is 4.90 Å². The summed E-state index contributed by atoms with van der Waals surface area (Å²) in [6, 6.07) is 4.32. The lowest BCUT2D eigenvalue weighted by atomic mass is 10.00. The zero-order valence-corrected chi connectivity index (χ0v) is 11.4. The molecule has 1 saturated heterocycles. The van der Waals surface area contributed by atoms with Gasteiger partial charge in [0.05, 0.1) is 18.8 Å². The molecular formula is C15H20F2N2O. The van der Waals surface area contributed by atoms with Crippen LogP contribution in [0, 0.1) is 11.6 Å². The standard InChI is InChI=1S/C15H20F2N2O/c16-11-4-1-3-10(15(11)17)13(9-18)19-7-8-20-14-6-2-5-12(14)19/h1,3-4,12-14H,2,5-9,18H2. The van der Waals surface area contributed by atoms with E-state index in [-0.39, 0.29) is 24.7 Å². The average molecular weight is 282 g/mol. The Bertz CT molecular complexity index is 483. The molecule has 1 saturated carbocycles. The first-order valence-corrected chi connectivity index (χ1v) is 7.23. The lowest BCUT2D eigenvalue weighted by molar-refractivity contribution is -0.0716. The summed E-state index contributed by atoms with van der Waals surface area (Å²) in [5.41, 5.74) is 6.23. The Kier molecular flexibility index (Phi) is 4.01. The SMILES string of the molecule is NCC(c1cccc(F)c1F)N1CCOC2CCCC21. The molecule has 2 fully saturated rings. The maximum Gasteiger partial charge on any atom is 0.163 e. The molecule has 20 heavy (non-hydrogen) atoms. The number of hydrogen-bond acceptors (Lipinski definition) is 3. The van der Waals surface area contributed by atoms with Crippen molar-refractivity contribution in [2.75, 3.05) is 19.7 Å². The minimum absolute atomic E-state index is 0.217. The van der Waals surface area contributed by atoms with Crippen LogP contribution >= 0.6 is 0 Å². The maximum absolute atomic E-state index is 14.0. The van der Waals surface area contributed by atoms with Crippen molar-refractivity contribution in [3.05, 3.63) is 35.4 Å². The normalized spacial score (nSPS) is 28.4. The van der Waals surface area contributed by atoms with Crippen molar-refractivity contribution >= 4 is 0 Å². The van der Waals surface area contributed by atoms with Crippen LogP contribution in [0.15, 0.2) is 18.2 Å². The number of rotatable bonds is 3. The van der Waals surface area contributed by atoms with E-state index < -0.39 is 11.6 Å². The Hall–Kier alpha value is -1.04. The molecule has 1 aliphatic carbocycles. The Morgan fingerprint density at radius 1 is 1.35 bits per heavy atom. The van der Waals surface area contributed by atoms with Gasteiger partial charge in [-0.05, 0) is 25.3 Å². The van der Waals surface area contributed by atoms with Crippen molar-refractivity contribution in [1.29, 1.82) is 0 Å². The lowest BCUT2D eigenvalue weighted by Crippen LogP contribution is -2.51. The highest BCUT2D eigenvalue weighted by atomic mass is 19.2. The second-order valence-corrected chi connectivity index (χ2v) is 5.54. The van der Waals surface area contributed by atoms with E-state index in [0.717, 1.165) is 31.9 Å². The van der Waals surface area contributed by atoms with Gasteiger partial charge in [-0.1, -0.05) is 12.1 Å². The van der Waals surface area contributed by atoms with Crippen LogP contribution in [-0.4, -0.2) is 36.7 Å². The number of morpholine rings is 1. The third-order valence-corrected chi connectivity index (χ3v) is 4.49. The van der Waals surface area contributed by atoms with Gasteiger partial charge in [0.15, 0.2) is 11.6 Å². The Balaban J connectivity index is 1.90. The molecule has 1 heterocycles. The number of halogens is 2. The minimum atomic E-state index is -0.808. The van der Waals surface area contributed by atoms with E-state index in [0.29, 0.717) is 12.2 Å². The molecule has 2 aliphatic rings. The van der Waals surface area contributed by atoms with Crippen molar-refractivity contribution < 1.29 is 13.5 Å². The summed E-state index contributed by atoms with van der Waals surface area (Å²) in [4.78, 5) is 2.21. The van der Waals surface area contributed by atoms with Crippen LogP contribution in [0.25, 0.3) is 0 Å². The highest BCUT2D eigenvalue weighted by molar-refractivity contribution is 5.23. The zero-order valence-electron chi connectivity index (χ0n) is 11.4. The van der Waals surface area contributed by atoms with Gasteiger partial charge in [-0.25, -0.2) is 8.78 Å². The number of hydrogen-bond donors (Lipinski definition) is 1. The molecule has 0 spiro atoms. The summed E-state index contributed by atoms with van der Waals surface area (Å²) in [6.45, 7) is 1.64. The highest BCUT2D eigenvalue weighted by Crippen LogP contribution is 2.35. The molecule has 0 bridgehead atoms. The van der Waals surface area contributed by atoms with Crippen LogP contribution in [-0.2, 0) is 4.74 Å². The maximum atomic E-state index is 14.0. The largest absolute Gasteiger partial charge is 0.375 e. The number of nitrogens with zero attached hydrogens (tertiary/aromatic N) is 1. The van der Waals surface area contributed by atoms with Crippen molar-refractivity contribution in [2.45, 2.75) is 37.5 Å². The van der Waals surface area contributed by atoms with Crippen LogP contribution in [0.1, 0.15) is 30.9 Å². The van der Waals surface area contributed by atoms with E-state index in [4.69, 9.17) is 10.5 Å². The molecule has 110 valence electrons. The van der Waals surface area contributed by atoms with Crippen LogP contribution in [0.3, 0.4) is 0 Å². The fourth-order valence-corrected chi connectivity index (χ4v) is 3.56. The molecule has 3 unspecified atom stereocenters. The van der Waals surface area contributed by atoms with Gasteiger partial charge in [-0.2, -0.15) is 0 Å². The van der Waals surface area contributed by atoms with Gasteiger partial charge in [0, 0.05) is 24.7 Å². The van der Waals surface area contributed by atoms with Gasteiger partial charge in [0.25, 0.3) is 0 Å². The lowest BCUT2D eigenvalue weighted by Gasteiger charge is -2.42. The average Bonchev–Trinajstić information content (AvgIpc) is 2.93. The van der Waals surface area contributed by atoms with Gasteiger partial charge in [-0.3, -0.25) is 4.90 Å². The Morgan fingerprint density at radius 2 is 2.20 bits per heavy atom. The van der Waals surface area contributed by atoms with E-state index in [1.54, 1.807) is 12.1 Å². The minimum Gasteiger partial charge on any atom is -0.375 e. The van der Waals surface area contributed by atoms with Gasteiger partial charge in [0.1, 0.15) is 0 Å². The zero-order chi connectivity index (χ0) is 14.1. The summed E-state index contributed by atoms with van der Waals surface area (Å²) in [5.74, 6) is -1.58. The molecular weight excluding hydrogens is 262 g/mol. The monoisotopic (exact) mass is 282 g/mol. The van der Waals surface area contributed by atoms with Gasteiger partial charge in [0.2, 0.25) is 0 Å². The van der Waals surface area contributed by atoms with Gasteiger partial charge in [-0.15, -0.1) is 0 Å². The molecule has 0 aromatic heterocycles. The van der Waals surface area contributed by atoms with Crippen molar-refractivity contribution in [3.63, 3.8) is 0 Å². The topological polar surface area (TPSA) is 38.5 Å². The molecule has 0 amide bonds. The van der Waals surface area contributed by atoms with E-state index in [1.165, 1.54) is 0 Å². The Morgan fingerprint density at radius 3 is 3.00 bits per heavy atom. The first kappa shape index (κ1) is 13.9. The summed E-state index contributed by atoms with van der Waals surface area (Å²) in [6.07, 6.45) is 3.42. The van der Waals surface area contributed by atoms with Crippen LogP contribution < -0.4 is 5.73 Å².